The van der Waals surface area contributed by atoms with Crippen molar-refractivity contribution in [1.82, 2.24) is 0 Å². The highest BCUT2D eigenvalue weighted by atomic mass is 19.4. The Morgan fingerprint density at radius 3 is 1.53 bits per heavy atom. The Labute approximate surface area is 96.9 Å². The van der Waals surface area contributed by atoms with Gasteiger partial charge in [0.2, 0.25) is 0 Å². The predicted molar refractivity (Wildman–Crippen MR) is 35.4 cm³/mol. The molecule has 0 spiro atoms. The molecular weight excluding hydrogens is 306 g/mol. The van der Waals surface area contributed by atoms with Crippen molar-refractivity contribution in [2.24, 2.45) is 0 Å². The lowest BCUT2D eigenvalue weighted by atomic mass is 9.97. The van der Waals surface area contributed by atoms with E-state index in [-0.39, 0.29) is 0 Å². The summed E-state index contributed by atoms with van der Waals surface area (Å²) in [6, 6.07) is -3.69. The minimum absolute atomic E-state index is 2.55. The van der Waals surface area contributed by atoms with Gasteiger partial charge < -0.3 is 4.74 Å². The second-order valence-corrected chi connectivity index (χ2v) is 3.67. The van der Waals surface area contributed by atoms with Gasteiger partial charge in [-0.25, -0.2) is 0 Å². The zero-order valence-corrected chi connectivity index (χ0v) is 8.30. The lowest BCUT2D eigenvalue weighted by molar-refractivity contribution is -0.396. The van der Waals surface area contributed by atoms with Crippen LogP contribution in [0.1, 0.15) is 6.42 Å². The molecule has 2 nitrogen and oxygen atoms in total. The summed E-state index contributed by atoms with van der Waals surface area (Å²) < 4.78 is 127. The van der Waals surface area contributed by atoms with E-state index in [1.807, 2.05) is 0 Å². The standard InChI is InChI=1S/C7H2F10O2/c8-2(18)3(6(12,13)14)1-4(9,10)5(11,19-3)7(15,16)17/h1H2. The van der Waals surface area contributed by atoms with Gasteiger partial charge in [0.1, 0.15) is 0 Å². The SMILES string of the molecule is O=C(F)C1(C(F)(F)F)CC(F)(F)C(F)(C(F)(F)F)O1. The summed E-state index contributed by atoms with van der Waals surface area (Å²) in [5, 5.41) is 0. The van der Waals surface area contributed by atoms with Crippen molar-refractivity contribution >= 4 is 6.04 Å². The molecule has 1 fully saturated rings. The van der Waals surface area contributed by atoms with Gasteiger partial charge in [-0.15, -0.1) is 0 Å². The van der Waals surface area contributed by atoms with Gasteiger partial charge in [-0.05, 0) is 0 Å². The average Bonchev–Trinajstić information content (AvgIpc) is 2.34. The number of hydrogen-bond acceptors (Lipinski definition) is 2. The lowest BCUT2D eigenvalue weighted by Gasteiger charge is -2.29. The van der Waals surface area contributed by atoms with E-state index in [0.717, 1.165) is 0 Å². The molecular formula is C7H2F10O2. The first kappa shape index (κ1) is 16.0. The molecule has 1 rings (SSSR count). The van der Waals surface area contributed by atoms with Gasteiger partial charge in [-0.2, -0.15) is 43.9 Å². The van der Waals surface area contributed by atoms with Crippen LogP contribution in [0.3, 0.4) is 0 Å². The fourth-order valence-corrected chi connectivity index (χ4v) is 1.42. The molecule has 0 saturated carbocycles. The highest BCUT2D eigenvalue weighted by Gasteiger charge is 2.87. The molecule has 1 saturated heterocycles. The summed E-state index contributed by atoms with van der Waals surface area (Å²) in [5.74, 6) is -11.9. The maximum absolute atomic E-state index is 13.1. The number of hydrogen-bond donors (Lipinski definition) is 0. The summed E-state index contributed by atoms with van der Waals surface area (Å²) in [7, 11) is 0. The quantitative estimate of drug-likeness (QED) is 0.550. The van der Waals surface area contributed by atoms with Crippen LogP contribution in [-0.4, -0.2) is 35.8 Å². The van der Waals surface area contributed by atoms with Crippen LogP contribution >= 0.6 is 0 Å². The third kappa shape index (κ3) is 1.96. The van der Waals surface area contributed by atoms with Crippen LogP contribution in [0, 0.1) is 0 Å². The fourth-order valence-electron chi connectivity index (χ4n) is 1.42. The molecule has 2 unspecified atom stereocenters. The third-order valence-corrected chi connectivity index (χ3v) is 2.40. The van der Waals surface area contributed by atoms with E-state index in [1.54, 1.807) is 0 Å². The second kappa shape index (κ2) is 3.73. The predicted octanol–water partition coefficient (Wildman–Crippen LogP) is 3.07. The van der Waals surface area contributed by atoms with Gasteiger partial charge in [0.05, 0.1) is 6.42 Å². The summed E-state index contributed by atoms with van der Waals surface area (Å²) in [6.45, 7) is 0. The molecule has 2 atom stereocenters. The van der Waals surface area contributed by atoms with Crippen molar-refractivity contribution in [2.75, 3.05) is 0 Å². The summed E-state index contributed by atoms with van der Waals surface area (Å²) in [4.78, 5) is 10.1. The van der Waals surface area contributed by atoms with E-state index < -0.39 is 42.2 Å². The smallest absolute Gasteiger partial charge is 0.307 e. The molecule has 112 valence electrons. The molecule has 0 aromatic rings. The van der Waals surface area contributed by atoms with Crippen LogP contribution in [0.2, 0.25) is 0 Å². The van der Waals surface area contributed by atoms with Gasteiger partial charge in [-0.1, -0.05) is 0 Å². The van der Waals surface area contributed by atoms with Crippen LogP contribution in [0.5, 0.6) is 0 Å². The third-order valence-electron chi connectivity index (χ3n) is 2.40. The van der Waals surface area contributed by atoms with Crippen LogP contribution in [0.25, 0.3) is 0 Å². The molecule has 0 amide bonds. The molecule has 12 heteroatoms. The maximum atomic E-state index is 13.1. The number of alkyl halides is 9. The summed E-state index contributed by atoms with van der Waals surface area (Å²) in [6.07, 6.45) is -16.0. The van der Waals surface area contributed by atoms with E-state index in [4.69, 9.17) is 0 Å². The Balaban J connectivity index is 3.45. The fraction of sp³-hybridized carbons (Fsp3) is 0.857. The Kier molecular flexibility index (Phi) is 3.14. The van der Waals surface area contributed by atoms with Crippen molar-refractivity contribution in [2.45, 2.75) is 36.2 Å². The van der Waals surface area contributed by atoms with Crippen molar-refractivity contribution in [3.63, 3.8) is 0 Å². The van der Waals surface area contributed by atoms with Crippen LogP contribution in [-0.2, 0) is 9.53 Å². The van der Waals surface area contributed by atoms with Crippen molar-refractivity contribution < 1.29 is 53.4 Å². The molecule has 0 aromatic heterocycles. The molecule has 0 aliphatic carbocycles. The number of ether oxygens (including phenoxy) is 1. The van der Waals surface area contributed by atoms with E-state index in [9.17, 15) is 48.7 Å². The van der Waals surface area contributed by atoms with Crippen molar-refractivity contribution in [1.29, 1.82) is 0 Å². The number of halogens is 10. The molecule has 1 aliphatic rings. The van der Waals surface area contributed by atoms with E-state index in [2.05, 4.69) is 4.74 Å². The first-order chi connectivity index (χ1) is 8.11. The lowest BCUT2D eigenvalue weighted by Crippen LogP contribution is -2.55. The van der Waals surface area contributed by atoms with E-state index in [0.29, 0.717) is 0 Å². The Morgan fingerprint density at radius 2 is 1.37 bits per heavy atom. The first-order valence-electron chi connectivity index (χ1n) is 4.21. The van der Waals surface area contributed by atoms with E-state index in [1.165, 1.54) is 0 Å². The first-order valence-corrected chi connectivity index (χ1v) is 4.21. The molecule has 0 radical (unpaired) electrons. The van der Waals surface area contributed by atoms with E-state index >= 15 is 0 Å². The van der Waals surface area contributed by atoms with Crippen LogP contribution < -0.4 is 0 Å². The summed E-state index contributed by atoms with van der Waals surface area (Å²) >= 11 is 0. The van der Waals surface area contributed by atoms with Gasteiger partial charge in [0.25, 0.3) is 5.60 Å². The van der Waals surface area contributed by atoms with Crippen molar-refractivity contribution in [3.05, 3.63) is 0 Å². The number of rotatable bonds is 1. The minimum Gasteiger partial charge on any atom is -0.307 e. The molecule has 1 heterocycles. The highest BCUT2D eigenvalue weighted by Crippen LogP contribution is 2.60. The highest BCUT2D eigenvalue weighted by molar-refractivity contribution is 5.80. The van der Waals surface area contributed by atoms with Crippen LogP contribution in [0.15, 0.2) is 0 Å². The zero-order chi connectivity index (χ0) is 15.5. The zero-order valence-electron chi connectivity index (χ0n) is 8.30. The molecule has 0 bridgehead atoms. The molecule has 19 heavy (non-hydrogen) atoms. The van der Waals surface area contributed by atoms with Gasteiger partial charge in [-0.3, -0.25) is 4.79 Å². The van der Waals surface area contributed by atoms with Gasteiger partial charge in [0, 0.05) is 0 Å². The molecule has 0 N–H and O–H groups in total. The largest absolute Gasteiger partial charge is 0.455 e. The molecule has 1 aliphatic heterocycles. The summed E-state index contributed by atoms with van der Waals surface area (Å²) in [5.41, 5.74) is -5.19. The van der Waals surface area contributed by atoms with Crippen LogP contribution in [0.4, 0.5) is 43.9 Å². The number of carbonyl (C=O) groups is 1. The normalized spacial score (nSPS) is 35.5. The Bertz CT molecular complexity index is 398. The monoisotopic (exact) mass is 308 g/mol. The molecule has 0 aromatic carbocycles. The number of carbonyl (C=O) groups excluding carboxylic acids is 1. The Hall–Kier alpha value is -1.07. The Morgan fingerprint density at radius 1 is 0.947 bits per heavy atom. The average molecular weight is 308 g/mol. The second-order valence-electron chi connectivity index (χ2n) is 3.67. The van der Waals surface area contributed by atoms with Gasteiger partial charge in [0.15, 0.2) is 0 Å². The maximum Gasteiger partial charge on any atom is 0.455 e. The minimum atomic E-state index is -6.60. The van der Waals surface area contributed by atoms with Crippen molar-refractivity contribution in [3.8, 4) is 0 Å². The van der Waals surface area contributed by atoms with Gasteiger partial charge >= 0.3 is 30.2 Å². The topological polar surface area (TPSA) is 26.3 Å².